The summed E-state index contributed by atoms with van der Waals surface area (Å²) in [6, 6.07) is 13.7. The van der Waals surface area contributed by atoms with Crippen LogP contribution in [0.1, 0.15) is 24.8 Å². The Kier molecular flexibility index (Phi) is 8.44. The third-order valence-corrected chi connectivity index (χ3v) is 7.83. The van der Waals surface area contributed by atoms with E-state index < -0.39 is 5.41 Å². The van der Waals surface area contributed by atoms with Crippen LogP contribution >= 0.6 is 15.9 Å². The van der Waals surface area contributed by atoms with E-state index in [9.17, 15) is 14.0 Å². The van der Waals surface area contributed by atoms with E-state index in [1.807, 2.05) is 34.1 Å². The molecule has 6 nitrogen and oxygen atoms in total. The van der Waals surface area contributed by atoms with E-state index >= 15 is 0 Å². The largest absolute Gasteiger partial charge is 0.493 e. The fourth-order valence-corrected chi connectivity index (χ4v) is 5.33. The lowest BCUT2D eigenvalue weighted by atomic mass is 9.77. The van der Waals surface area contributed by atoms with Gasteiger partial charge in [-0.2, -0.15) is 0 Å². The number of benzene rings is 2. The van der Waals surface area contributed by atoms with Crippen molar-refractivity contribution in [3.63, 3.8) is 0 Å². The Morgan fingerprint density at radius 2 is 1.69 bits per heavy atom. The number of ether oxygens (including phenoxy) is 1. The Morgan fingerprint density at radius 1 is 0.971 bits per heavy atom. The molecule has 0 saturated carbocycles. The second-order valence-corrected chi connectivity index (χ2v) is 10.6. The maximum Gasteiger partial charge on any atom is 0.227 e. The van der Waals surface area contributed by atoms with E-state index in [0.717, 1.165) is 49.1 Å². The topological polar surface area (TPSA) is 53.1 Å². The highest BCUT2D eigenvalue weighted by Gasteiger charge is 2.41. The maximum absolute atomic E-state index is 13.4. The first-order valence-corrected chi connectivity index (χ1v) is 13.0. The van der Waals surface area contributed by atoms with E-state index in [1.54, 1.807) is 12.1 Å². The van der Waals surface area contributed by atoms with Gasteiger partial charge in [0.05, 0.1) is 13.0 Å². The molecule has 2 saturated heterocycles. The number of amides is 2. The average molecular weight is 546 g/mol. The van der Waals surface area contributed by atoms with Crippen molar-refractivity contribution in [1.29, 1.82) is 0 Å². The summed E-state index contributed by atoms with van der Waals surface area (Å²) in [5, 5.41) is 0. The molecule has 0 N–H and O–H groups in total. The van der Waals surface area contributed by atoms with Gasteiger partial charge in [-0.15, -0.1) is 0 Å². The molecule has 0 aliphatic carbocycles. The first kappa shape index (κ1) is 25.6. The lowest BCUT2D eigenvalue weighted by Crippen LogP contribution is -2.53. The monoisotopic (exact) mass is 545 g/mol. The van der Waals surface area contributed by atoms with Gasteiger partial charge in [0, 0.05) is 55.6 Å². The van der Waals surface area contributed by atoms with Crippen molar-refractivity contribution < 1.29 is 18.7 Å². The Morgan fingerprint density at radius 3 is 2.40 bits per heavy atom. The van der Waals surface area contributed by atoms with Crippen LogP contribution in [0.5, 0.6) is 5.75 Å². The molecule has 2 aromatic carbocycles. The second-order valence-electron chi connectivity index (χ2n) is 9.79. The molecule has 2 heterocycles. The van der Waals surface area contributed by atoms with E-state index in [0.29, 0.717) is 38.3 Å². The van der Waals surface area contributed by atoms with Crippen molar-refractivity contribution in [1.82, 2.24) is 14.7 Å². The minimum absolute atomic E-state index is 0.0507. The molecule has 2 amide bonds. The average Bonchev–Trinajstić information content (AvgIpc) is 2.85. The smallest absolute Gasteiger partial charge is 0.227 e. The normalized spacial score (nSPS) is 21.1. The van der Waals surface area contributed by atoms with Crippen LogP contribution in [-0.4, -0.2) is 79.4 Å². The standard InChI is InChI=1S/C27H33BrFN3O3/c1-30-13-15-31(16-14-30)26(34)18-27(20-35-23-9-7-22(29)8-10-23)11-4-12-32(19-27)25(33)17-21-5-2-3-6-24(21)28/h2-3,5-10H,4,11-20H2,1H3. The number of likely N-dealkylation sites (tertiary alicyclic amines) is 1. The fraction of sp³-hybridized carbons (Fsp3) is 0.481. The Bertz CT molecular complexity index is 1030. The SMILES string of the molecule is CN1CCN(C(=O)CC2(COc3ccc(F)cc3)CCCN(C(=O)Cc3ccccc3Br)C2)CC1. The van der Waals surface area contributed by atoms with Crippen LogP contribution in [0.15, 0.2) is 53.0 Å². The van der Waals surface area contributed by atoms with E-state index in [1.165, 1.54) is 12.1 Å². The summed E-state index contributed by atoms with van der Waals surface area (Å²) in [6.07, 6.45) is 2.25. The van der Waals surface area contributed by atoms with E-state index in [2.05, 4.69) is 27.9 Å². The highest BCUT2D eigenvalue weighted by molar-refractivity contribution is 9.10. The van der Waals surface area contributed by atoms with Crippen LogP contribution in [0.4, 0.5) is 4.39 Å². The number of nitrogens with zero attached hydrogens (tertiary/aromatic N) is 3. The molecule has 0 bridgehead atoms. The van der Waals surface area contributed by atoms with Crippen LogP contribution in [0.2, 0.25) is 0 Å². The highest BCUT2D eigenvalue weighted by atomic mass is 79.9. The van der Waals surface area contributed by atoms with Crippen LogP contribution in [0, 0.1) is 11.2 Å². The van der Waals surface area contributed by atoms with E-state index in [-0.39, 0.29) is 17.6 Å². The number of hydrogen-bond donors (Lipinski definition) is 0. The predicted molar refractivity (Wildman–Crippen MR) is 137 cm³/mol. The molecule has 0 aromatic heterocycles. The third-order valence-electron chi connectivity index (χ3n) is 7.05. The summed E-state index contributed by atoms with van der Waals surface area (Å²) in [5.41, 5.74) is 0.459. The second kappa shape index (κ2) is 11.5. The summed E-state index contributed by atoms with van der Waals surface area (Å²) in [7, 11) is 2.07. The summed E-state index contributed by atoms with van der Waals surface area (Å²) in [4.78, 5) is 32.6. The number of likely N-dealkylation sites (N-methyl/N-ethyl adjacent to an activating group) is 1. The zero-order valence-electron chi connectivity index (χ0n) is 20.2. The molecule has 2 aromatic rings. The zero-order chi connectivity index (χ0) is 24.8. The van der Waals surface area contributed by atoms with Crippen LogP contribution in [0.25, 0.3) is 0 Å². The summed E-state index contributed by atoms with van der Waals surface area (Å²) in [5.74, 6) is 0.406. The molecule has 0 spiro atoms. The first-order valence-electron chi connectivity index (χ1n) is 12.2. The number of halogens is 2. The van der Waals surface area contributed by atoms with Crippen molar-refractivity contribution in [2.24, 2.45) is 5.41 Å². The number of carbonyl (C=O) groups is 2. The molecule has 2 aliphatic heterocycles. The van der Waals surface area contributed by atoms with E-state index in [4.69, 9.17) is 4.74 Å². The molecular weight excluding hydrogens is 513 g/mol. The highest BCUT2D eigenvalue weighted by Crippen LogP contribution is 2.36. The molecule has 188 valence electrons. The van der Waals surface area contributed by atoms with Gasteiger partial charge >= 0.3 is 0 Å². The number of piperidine rings is 1. The minimum atomic E-state index is -0.489. The minimum Gasteiger partial charge on any atom is -0.493 e. The number of piperazine rings is 1. The van der Waals surface area contributed by atoms with Gasteiger partial charge in [0.1, 0.15) is 11.6 Å². The summed E-state index contributed by atoms with van der Waals surface area (Å²) in [6.45, 7) is 4.60. The molecule has 2 aliphatic rings. The fourth-order valence-electron chi connectivity index (χ4n) is 4.91. The van der Waals surface area contributed by atoms with Gasteiger partial charge in [0.25, 0.3) is 0 Å². The third kappa shape index (κ3) is 6.82. The predicted octanol–water partition coefficient (Wildman–Crippen LogP) is 3.98. The Hall–Kier alpha value is -2.45. The molecular formula is C27H33BrFN3O3. The van der Waals surface area contributed by atoms with Gasteiger partial charge in [0.15, 0.2) is 0 Å². The van der Waals surface area contributed by atoms with Gasteiger partial charge in [-0.05, 0) is 55.8 Å². The van der Waals surface area contributed by atoms with Crippen molar-refractivity contribution in [3.8, 4) is 5.75 Å². The van der Waals surface area contributed by atoms with Gasteiger partial charge < -0.3 is 19.4 Å². The molecule has 0 radical (unpaired) electrons. The number of hydrogen-bond acceptors (Lipinski definition) is 4. The Labute approximate surface area is 215 Å². The summed E-state index contributed by atoms with van der Waals surface area (Å²) < 4.78 is 20.4. The molecule has 1 unspecified atom stereocenters. The molecule has 2 fully saturated rings. The van der Waals surface area contributed by atoms with Gasteiger partial charge in [-0.1, -0.05) is 34.1 Å². The Balaban J connectivity index is 1.49. The van der Waals surface area contributed by atoms with Crippen molar-refractivity contribution in [2.45, 2.75) is 25.7 Å². The maximum atomic E-state index is 13.4. The lowest BCUT2D eigenvalue weighted by Gasteiger charge is -2.43. The lowest BCUT2D eigenvalue weighted by molar-refractivity contribution is -0.142. The van der Waals surface area contributed by atoms with Crippen molar-refractivity contribution in [2.75, 3.05) is 52.9 Å². The van der Waals surface area contributed by atoms with Gasteiger partial charge in [-0.25, -0.2) is 4.39 Å². The first-order chi connectivity index (χ1) is 16.8. The van der Waals surface area contributed by atoms with Crippen molar-refractivity contribution in [3.05, 3.63) is 64.4 Å². The van der Waals surface area contributed by atoms with Gasteiger partial charge in [0.2, 0.25) is 11.8 Å². The van der Waals surface area contributed by atoms with Crippen LogP contribution in [-0.2, 0) is 16.0 Å². The summed E-state index contributed by atoms with van der Waals surface area (Å²) >= 11 is 3.54. The molecule has 1 atom stereocenters. The molecule has 8 heteroatoms. The van der Waals surface area contributed by atoms with Crippen LogP contribution < -0.4 is 4.74 Å². The van der Waals surface area contributed by atoms with Crippen molar-refractivity contribution >= 4 is 27.7 Å². The van der Waals surface area contributed by atoms with Gasteiger partial charge in [-0.3, -0.25) is 9.59 Å². The van der Waals surface area contributed by atoms with Crippen LogP contribution in [0.3, 0.4) is 0 Å². The number of carbonyl (C=O) groups excluding carboxylic acids is 2. The molecule has 35 heavy (non-hydrogen) atoms. The molecule has 4 rings (SSSR count). The number of rotatable bonds is 7. The zero-order valence-corrected chi connectivity index (χ0v) is 21.8. The quantitative estimate of drug-likeness (QED) is 0.528.